The highest BCUT2D eigenvalue weighted by Gasteiger charge is 2.26. The minimum atomic E-state index is -0.145. The standard InChI is InChI=1S/C15H19N3OS/c19-11-5-1-3-9(11)7-16-14-13-10-4-2-6-12(10)20-15(13)18-8-17-14/h8-9,11,19H,1-7H2,(H,16,17,18). The number of nitrogens with zero attached hydrogens (tertiary/aromatic N) is 2. The van der Waals surface area contributed by atoms with Crippen LogP contribution in [0.5, 0.6) is 0 Å². The molecule has 0 bridgehead atoms. The highest BCUT2D eigenvalue weighted by Crippen LogP contribution is 2.39. The number of anilines is 1. The van der Waals surface area contributed by atoms with E-state index in [9.17, 15) is 5.11 Å². The van der Waals surface area contributed by atoms with Crippen molar-refractivity contribution in [3.63, 3.8) is 0 Å². The van der Waals surface area contributed by atoms with Crippen LogP contribution < -0.4 is 5.32 Å². The van der Waals surface area contributed by atoms with Gasteiger partial charge in [-0.2, -0.15) is 0 Å². The second kappa shape index (κ2) is 4.97. The van der Waals surface area contributed by atoms with Gasteiger partial charge in [0.1, 0.15) is 17.0 Å². The molecule has 2 aliphatic carbocycles. The van der Waals surface area contributed by atoms with E-state index in [0.29, 0.717) is 5.92 Å². The zero-order valence-electron chi connectivity index (χ0n) is 11.4. The molecule has 2 heterocycles. The minimum absolute atomic E-state index is 0.145. The van der Waals surface area contributed by atoms with Crippen LogP contribution in [0.15, 0.2) is 6.33 Å². The molecular weight excluding hydrogens is 270 g/mol. The Kier molecular flexibility index (Phi) is 3.11. The fourth-order valence-corrected chi connectivity index (χ4v) is 4.77. The average Bonchev–Trinajstić information content (AvgIpc) is 3.11. The predicted molar refractivity (Wildman–Crippen MR) is 81.3 cm³/mol. The Morgan fingerprint density at radius 1 is 1.25 bits per heavy atom. The Morgan fingerprint density at radius 2 is 2.20 bits per heavy atom. The van der Waals surface area contributed by atoms with Gasteiger partial charge in [-0.1, -0.05) is 6.42 Å². The molecule has 106 valence electrons. The molecule has 2 aromatic rings. The molecule has 0 aliphatic heterocycles. The molecule has 1 saturated carbocycles. The third-order valence-corrected chi connectivity index (χ3v) is 5.85. The lowest BCUT2D eigenvalue weighted by molar-refractivity contribution is 0.138. The minimum Gasteiger partial charge on any atom is -0.393 e. The van der Waals surface area contributed by atoms with E-state index in [1.54, 1.807) is 6.33 Å². The summed E-state index contributed by atoms with van der Waals surface area (Å²) >= 11 is 1.82. The first-order valence-electron chi connectivity index (χ1n) is 7.50. The van der Waals surface area contributed by atoms with Gasteiger partial charge in [0, 0.05) is 17.3 Å². The molecule has 1 fully saturated rings. The van der Waals surface area contributed by atoms with Crippen molar-refractivity contribution in [1.82, 2.24) is 9.97 Å². The van der Waals surface area contributed by atoms with E-state index in [4.69, 9.17) is 0 Å². The predicted octanol–water partition coefficient (Wildman–Crippen LogP) is 2.75. The largest absolute Gasteiger partial charge is 0.393 e. The number of aromatic nitrogens is 2. The van der Waals surface area contributed by atoms with E-state index >= 15 is 0 Å². The van der Waals surface area contributed by atoms with Gasteiger partial charge in [0.05, 0.1) is 11.5 Å². The molecule has 5 heteroatoms. The Balaban J connectivity index is 1.62. The Bertz CT molecular complexity index is 639. The van der Waals surface area contributed by atoms with Crippen molar-refractivity contribution in [2.75, 3.05) is 11.9 Å². The zero-order chi connectivity index (χ0) is 13.5. The maximum absolute atomic E-state index is 9.92. The Labute approximate surface area is 122 Å². The second-order valence-corrected chi connectivity index (χ2v) is 6.98. The topological polar surface area (TPSA) is 58.0 Å². The smallest absolute Gasteiger partial charge is 0.138 e. The summed E-state index contributed by atoms with van der Waals surface area (Å²) in [5, 5.41) is 14.6. The van der Waals surface area contributed by atoms with Crippen molar-refractivity contribution >= 4 is 27.4 Å². The van der Waals surface area contributed by atoms with E-state index < -0.39 is 0 Å². The number of hydrogen-bond donors (Lipinski definition) is 2. The van der Waals surface area contributed by atoms with Gasteiger partial charge in [0.15, 0.2) is 0 Å². The van der Waals surface area contributed by atoms with E-state index in [1.807, 2.05) is 11.3 Å². The third-order valence-electron chi connectivity index (χ3n) is 4.65. The molecule has 2 aromatic heterocycles. The average molecular weight is 289 g/mol. The molecule has 2 aliphatic rings. The molecule has 0 spiro atoms. The fourth-order valence-electron chi connectivity index (χ4n) is 3.55. The van der Waals surface area contributed by atoms with Crippen LogP contribution in [-0.2, 0) is 12.8 Å². The second-order valence-electron chi connectivity index (χ2n) is 5.90. The lowest BCUT2D eigenvalue weighted by Gasteiger charge is -2.16. The summed E-state index contributed by atoms with van der Waals surface area (Å²) in [5.74, 6) is 1.33. The van der Waals surface area contributed by atoms with Crippen LogP contribution in [0.1, 0.15) is 36.1 Å². The maximum atomic E-state index is 9.92. The summed E-state index contributed by atoms with van der Waals surface area (Å²) in [4.78, 5) is 11.5. The van der Waals surface area contributed by atoms with Crippen molar-refractivity contribution in [3.05, 3.63) is 16.8 Å². The molecule has 0 amide bonds. The SMILES string of the molecule is OC1CCCC1CNc1ncnc2sc3c(c12)CCC3. The molecule has 2 N–H and O–H groups in total. The fraction of sp³-hybridized carbons (Fsp3) is 0.600. The molecule has 20 heavy (non-hydrogen) atoms. The first-order chi connectivity index (χ1) is 9.83. The number of thiophene rings is 1. The van der Waals surface area contributed by atoms with Gasteiger partial charge < -0.3 is 10.4 Å². The van der Waals surface area contributed by atoms with Crippen LogP contribution in [0.2, 0.25) is 0 Å². The summed E-state index contributed by atoms with van der Waals surface area (Å²) in [7, 11) is 0. The van der Waals surface area contributed by atoms with Gasteiger partial charge in [0.25, 0.3) is 0 Å². The third kappa shape index (κ3) is 2.00. The molecule has 4 rings (SSSR count). The van der Waals surface area contributed by atoms with Crippen LogP contribution in [0.25, 0.3) is 10.2 Å². The summed E-state index contributed by atoms with van der Waals surface area (Å²) in [6, 6.07) is 0. The van der Waals surface area contributed by atoms with Crippen molar-refractivity contribution in [2.45, 2.75) is 44.6 Å². The molecule has 0 saturated heterocycles. The van der Waals surface area contributed by atoms with Gasteiger partial charge in [-0.05, 0) is 37.7 Å². The van der Waals surface area contributed by atoms with Crippen molar-refractivity contribution < 1.29 is 5.11 Å². The number of nitrogens with one attached hydrogen (secondary N) is 1. The first-order valence-corrected chi connectivity index (χ1v) is 8.32. The number of fused-ring (bicyclic) bond motifs is 3. The van der Waals surface area contributed by atoms with Crippen LogP contribution in [0, 0.1) is 5.92 Å². The van der Waals surface area contributed by atoms with Crippen molar-refractivity contribution in [2.24, 2.45) is 5.92 Å². The lowest BCUT2D eigenvalue weighted by Crippen LogP contribution is -2.22. The van der Waals surface area contributed by atoms with E-state index in [-0.39, 0.29) is 6.10 Å². The summed E-state index contributed by atoms with van der Waals surface area (Å²) in [6.45, 7) is 0.817. The van der Waals surface area contributed by atoms with Crippen LogP contribution in [0.4, 0.5) is 5.82 Å². The molecule has 2 atom stereocenters. The van der Waals surface area contributed by atoms with E-state index in [0.717, 1.165) is 42.9 Å². The molecule has 4 nitrogen and oxygen atoms in total. The van der Waals surface area contributed by atoms with Crippen molar-refractivity contribution in [3.8, 4) is 0 Å². The molecule has 2 unspecified atom stereocenters. The van der Waals surface area contributed by atoms with Crippen LogP contribution >= 0.6 is 11.3 Å². The summed E-state index contributed by atoms with van der Waals surface area (Å²) in [5.41, 5.74) is 1.46. The quantitative estimate of drug-likeness (QED) is 0.912. The van der Waals surface area contributed by atoms with Crippen LogP contribution in [0.3, 0.4) is 0 Å². The number of hydrogen-bond acceptors (Lipinski definition) is 5. The molecule has 0 aromatic carbocycles. The zero-order valence-corrected chi connectivity index (χ0v) is 12.2. The van der Waals surface area contributed by atoms with Gasteiger partial charge in [-0.25, -0.2) is 9.97 Å². The van der Waals surface area contributed by atoms with Crippen molar-refractivity contribution in [1.29, 1.82) is 0 Å². The number of aliphatic hydroxyl groups is 1. The Hall–Kier alpha value is -1.20. The summed E-state index contributed by atoms with van der Waals surface area (Å²) in [6.07, 6.45) is 8.31. The highest BCUT2D eigenvalue weighted by molar-refractivity contribution is 7.19. The normalized spacial score (nSPS) is 25.2. The maximum Gasteiger partial charge on any atom is 0.138 e. The van der Waals surface area contributed by atoms with Gasteiger partial charge in [-0.3, -0.25) is 0 Å². The Morgan fingerprint density at radius 3 is 3.05 bits per heavy atom. The molecular formula is C15H19N3OS. The highest BCUT2D eigenvalue weighted by atomic mass is 32.1. The van der Waals surface area contributed by atoms with Gasteiger partial charge in [0.2, 0.25) is 0 Å². The van der Waals surface area contributed by atoms with E-state index in [2.05, 4.69) is 15.3 Å². The summed E-state index contributed by atoms with van der Waals surface area (Å²) < 4.78 is 0. The van der Waals surface area contributed by atoms with Gasteiger partial charge >= 0.3 is 0 Å². The monoisotopic (exact) mass is 289 g/mol. The van der Waals surface area contributed by atoms with Gasteiger partial charge in [-0.15, -0.1) is 11.3 Å². The number of aliphatic hydroxyl groups excluding tert-OH is 1. The van der Waals surface area contributed by atoms with Crippen LogP contribution in [-0.4, -0.2) is 27.7 Å². The number of rotatable bonds is 3. The number of aryl methyl sites for hydroxylation is 2. The lowest BCUT2D eigenvalue weighted by atomic mass is 10.1. The molecule has 0 radical (unpaired) electrons. The van der Waals surface area contributed by atoms with E-state index in [1.165, 1.54) is 28.7 Å². The first kappa shape index (κ1) is 12.5.